The monoisotopic (exact) mass is 384 g/mol. The van der Waals surface area contributed by atoms with Crippen molar-refractivity contribution in [2.24, 2.45) is 0 Å². The molecular weight excluding hydrogens is 371 g/mol. The molecule has 0 atom stereocenters. The van der Waals surface area contributed by atoms with E-state index in [2.05, 4.69) is 14.7 Å². The smallest absolute Gasteiger partial charge is 0.417 e. The quantitative estimate of drug-likeness (QED) is 0.466. The van der Waals surface area contributed by atoms with Crippen LogP contribution in [-0.4, -0.2) is 16.0 Å². The molecule has 0 unspecified atom stereocenters. The van der Waals surface area contributed by atoms with Crippen molar-refractivity contribution in [2.75, 3.05) is 5.32 Å². The molecule has 0 saturated carbocycles. The van der Waals surface area contributed by atoms with Crippen molar-refractivity contribution >= 4 is 33.7 Å². The van der Waals surface area contributed by atoms with Crippen molar-refractivity contribution in [1.29, 1.82) is 0 Å². The number of fused-ring (bicyclic) bond motifs is 2. The number of amides is 1. The number of H-pyrrole nitrogens is 1. The first-order valence-corrected chi connectivity index (χ1v) is 8.19. The van der Waals surface area contributed by atoms with Gasteiger partial charge in [0.1, 0.15) is 11.3 Å². The largest absolute Gasteiger partial charge is 0.508 e. The Labute approximate surface area is 155 Å². The Kier molecular flexibility index (Phi) is 3.99. The van der Waals surface area contributed by atoms with Crippen molar-refractivity contribution in [2.45, 2.75) is 13.3 Å². The van der Waals surface area contributed by atoms with Crippen LogP contribution in [0.3, 0.4) is 0 Å². The molecule has 0 aliphatic heterocycles. The molecule has 0 bridgehead atoms. The molecule has 0 aliphatic carbocycles. The zero-order valence-electron chi connectivity index (χ0n) is 14.5. The van der Waals surface area contributed by atoms with E-state index in [1.807, 2.05) is 0 Å². The second kappa shape index (κ2) is 6.38. The number of phenolic OH excluding ortho intramolecular Hbond substituents is 1. The summed E-state index contributed by atoms with van der Waals surface area (Å²) in [7, 11) is 0. The SMILES string of the molecule is Cc1c(CC(=O)Nc2cc(F)c3oc(=O)[nH]c3c2)c(=O)oc2cc(O)ccc12. The normalized spacial score (nSPS) is 11.2. The third-order valence-electron chi connectivity index (χ3n) is 4.37. The van der Waals surface area contributed by atoms with Gasteiger partial charge >= 0.3 is 11.4 Å². The standard InChI is InChI=1S/C19H13FN2O6/c1-8-11-3-2-10(23)6-15(11)27-18(25)12(8)7-16(24)21-9-4-13(20)17-14(5-9)22-19(26)28-17/h2-6,23H,7H2,1H3,(H,21,24)(H,22,26). The summed E-state index contributed by atoms with van der Waals surface area (Å²) >= 11 is 0. The molecule has 1 amide bonds. The number of halogens is 1. The molecule has 0 radical (unpaired) electrons. The lowest BCUT2D eigenvalue weighted by Crippen LogP contribution is -2.20. The van der Waals surface area contributed by atoms with Crippen molar-refractivity contribution in [3.63, 3.8) is 0 Å². The number of aromatic amines is 1. The Balaban J connectivity index is 1.65. The van der Waals surface area contributed by atoms with E-state index >= 15 is 0 Å². The molecular formula is C19H13FN2O6. The summed E-state index contributed by atoms with van der Waals surface area (Å²) in [6.07, 6.45) is -0.299. The topological polar surface area (TPSA) is 126 Å². The first-order chi connectivity index (χ1) is 13.3. The molecule has 28 heavy (non-hydrogen) atoms. The number of carbonyl (C=O) groups excluding carboxylic acids is 1. The summed E-state index contributed by atoms with van der Waals surface area (Å²) in [6.45, 7) is 1.67. The van der Waals surface area contributed by atoms with Crippen molar-refractivity contribution in [3.8, 4) is 5.75 Å². The van der Waals surface area contributed by atoms with Gasteiger partial charge in [0.2, 0.25) is 5.91 Å². The van der Waals surface area contributed by atoms with Gasteiger partial charge in [-0.05, 0) is 30.7 Å². The molecule has 8 nitrogen and oxygen atoms in total. The Morgan fingerprint density at radius 1 is 1.21 bits per heavy atom. The van der Waals surface area contributed by atoms with Crippen LogP contribution in [0.15, 0.2) is 48.8 Å². The Morgan fingerprint density at radius 2 is 2.00 bits per heavy atom. The zero-order chi connectivity index (χ0) is 20.0. The van der Waals surface area contributed by atoms with Gasteiger partial charge in [-0.3, -0.25) is 9.78 Å². The summed E-state index contributed by atoms with van der Waals surface area (Å²) in [5.74, 6) is -2.24. The summed E-state index contributed by atoms with van der Waals surface area (Å²) in [6, 6.07) is 6.71. The van der Waals surface area contributed by atoms with Gasteiger partial charge in [-0.25, -0.2) is 14.0 Å². The number of nitrogens with one attached hydrogen (secondary N) is 2. The fraction of sp³-hybridized carbons (Fsp3) is 0.105. The fourth-order valence-corrected chi connectivity index (χ4v) is 3.04. The molecule has 0 saturated heterocycles. The lowest BCUT2D eigenvalue weighted by molar-refractivity contribution is -0.115. The number of oxazole rings is 1. The second-order valence-electron chi connectivity index (χ2n) is 6.25. The van der Waals surface area contributed by atoms with E-state index in [4.69, 9.17) is 4.42 Å². The molecule has 0 fully saturated rings. The molecule has 2 aromatic heterocycles. The van der Waals surface area contributed by atoms with Crippen molar-refractivity contribution < 1.29 is 23.1 Å². The van der Waals surface area contributed by atoms with Crippen LogP contribution in [0.4, 0.5) is 10.1 Å². The molecule has 142 valence electrons. The third-order valence-corrected chi connectivity index (χ3v) is 4.37. The first-order valence-electron chi connectivity index (χ1n) is 8.19. The Morgan fingerprint density at radius 3 is 2.79 bits per heavy atom. The van der Waals surface area contributed by atoms with Crippen LogP contribution in [0, 0.1) is 12.7 Å². The molecule has 4 aromatic rings. The average Bonchev–Trinajstić information content (AvgIpc) is 2.99. The van der Waals surface area contributed by atoms with Crippen molar-refractivity contribution in [3.05, 3.63) is 68.2 Å². The summed E-state index contributed by atoms with van der Waals surface area (Å²) in [5, 5.41) is 12.6. The van der Waals surface area contributed by atoms with E-state index in [9.17, 15) is 23.9 Å². The highest BCUT2D eigenvalue weighted by Crippen LogP contribution is 2.24. The highest BCUT2D eigenvalue weighted by atomic mass is 19.1. The van der Waals surface area contributed by atoms with Crippen molar-refractivity contribution in [1.82, 2.24) is 4.98 Å². The number of hydrogen-bond donors (Lipinski definition) is 3. The van der Waals surface area contributed by atoms with Gasteiger partial charge in [-0.1, -0.05) is 0 Å². The highest BCUT2D eigenvalue weighted by molar-refractivity contribution is 5.95. The fourth-order valence-electron chi connectivity index (χ4n) is 3.04. The van der Waals surface area contributed by atoms with Gasteiger partial charge in [0.05, 0.1) is 17.5 Å². The van der Waals surface area contributed by atoms with Gasteiger partial charge < -0.3 is 19.3 Å². The van der Waals surface area contributed by atoms with Crippen LogP contribution in [0.5, 0.6) is 5.75 Å². The second-order valence-corrected chi connectivity index (χ2v) is 6.25. The summed E-state index contributed by atoms with van der Waals surface area (Å²) < 4.78 is 23.8. The maximum absolute atomic E-state index is 14.0. The minimum absolute atomic E-state index is 0.0461. The molecule has 0 aliphatic rings. The third kappa shape index (κ3) is 3.02. The molecule has 2 aromatic carbocycles. The van der Waals surface area contributed by atoms with Crippen LogP contribution in [0.25, 0.3) is 22.1 Å². The van der Waals surface area contributed by atoms with E-state index in [-0.39, 0.29) is 40.1 Å². The number of aromatic hydroxyl groups is 1. The van der Waals surface area contributed by atoms with Crippen LogP contribution >= 0.6 is 0 Å². The highest BCUT2D eigenvalue weighted by Gasteiger charge is 2.17. The number of rotatable bonds is 3. The number of hydrogen-bond acceptors (Lipinski definition) is 6. The van der Waals surface area contributed by atoms with Gasteiger partial charge in [0.15, 0.2) is 11.4 Å². The van der Waals surface area contributed by atoms with Gasteiger partial charge in [-0.15, -0.1) is 0 Å². The number of benzene rings is 2. The number of anilines is 1. The minimum atomic E-state index is -0.813. The summed E-state index contributed by atoms with van der Waals surface area (Å²) in [4.78, 5) is 38.1. The Bertz CT molecular complexity index is 1360. The lowest BCUT2D eigenvalue weighted by Gasteiger charge is -2.09. The predicted octanol–water partition coefficient (Wildman–Crippen LogP) is 2.56. The van der Waals surface area contributed by atoms with E-state index in [0.717, 1.165) is 6.07 Å². The lowest BCUT2D eigenvalue weighted by atomic mass is 10.0. The minimum Gasteiger partial charge on any atom is -0.508 e. The van der Waals surface area contributed by atoms with E-state index in [1.165, 1.54) is 18.2 Å². The maximum Gasteiger partial charge on any atom is 0.417 e. The van der Waals surface area contributed by atoms with Crippen LogP contribution < -0.4 is 16.7 Å². The van der Waals surface area contributed by atoms with E-state index in [1.54, 1.807) is 13.0 Å². The average molecular weight is 384 g/mol. The van der Waals surface area contributed by atoms with Crippen LogP contribution in [0.1, 0.15) is 11.1 Å². The number of carbonyl (C=O) groups is 1. The molecule has 9 heteroatoms. The zero-order valence-corrected chi connectivity index (χ0v) is 14.5. The van der Waals surface area contributed by atoms with Gasteiger partial charge in [0, 0.05) is 23.2 Å². The molecule has 4 rings (SSSR count). The predicted molar refractivity (Wildman–Crippen MR) is 98.0 cm³/mol. The van der Waals surface area contributed by atoms with Gasteiger partial charge in [-0.2, -0.15) is 0 Å². The molecule has 3 N–H and O–H groups in total. The Hall–Kier alpha value is -3.88. The van der Waals surface area contributed by atoms with Crippen LogP contribution in [0.2, 0.25) is 0 Å². The molecule has 0 spiro atoms. The van der Waals surface area contributed by atoms with E-state index < -0.39 is 23.1 Å². The molecule has 2 heterocycles. The van der Waals surface area contributed by atoms with E-state index in [0.29, 0.717) is 10.9 Å². The summed E-state index contributed by atoms with van der Waals surface area (Å²) in [5.41, 5.74) is 0.157. The van der Waals surface area contributed by atoms with Gasteiger partial charge in [0.25, 0.3) is 0 Å². The first kappa shape index (κ1) is 17.5. The maximum atomic E-state index is 14.0. The number of aromatic nitrogens is 1. The number of phenols is 1. The number of aryl methyl sites for hydroxylation is 1. The van der Waals surface area contributed by atoms with Crippen LogP contribution in [-0.2, 0) is 11.2 Å².